The van der Waals surface area contributed by atoms with Crippen LogP contribution in [-0.4, -0.2) is 25.3 Å². The highest BCUT2D eigenvalue weighted by molar-refractivity contribution is 6.15. The van der Waals surface area contributed by atoms with E-state index in [1.54, 1.807) is 19.2 Å². The van der Waals surface area contributed by atoms with Crippen molar-refractivity contribution in [3.63, 3.8) is 0 Å². The number of hydrogen-bond donors (Lipinski definition) is 1. The third kappa shape index (κ3) is 3.41. The van der Waals surface area contributed by atoms with Crippen molar-refractivity contribution in [2.45, 2.75) is 13.8 Å². The van der Waals surface area contributed by atoms with E-state index in [4.69, 9.17) is 14.6 Å². The number of aliphatic carboxylic acids is 1. The van der Waals surface area contributed by atoms with E-state index in [9.17, 15) is 4.79 Å². The van der Waals surface area contributed by atoms with E-state index in [2.05, 4.69) is 20.4 Å². The van der Waals surface area contributed by atoms with Gasteiger partial charge >= 0.3 is 5.97 Å². The lowest BCUT2D eigenvalue weighted by atomic mass is 10.0. The maximum atomic E-state index is 11.1. The van der Waals surface area contributed by atoms with Crippen LogP contribution in [0.15, 0.2) is 24.8 Å². The summed E-state index contributed by atoms with van der Waals surface area (Å²) >= 11 is 0. The van der Waals surface area contributed by atoms with Crippen LogP contribution >= 0.6 is 0 Å². The van der Waals surface area contributed by atoms with Gasteiger partial charge in [0.05, 0.1) is 25.4 Å². The highest BCUT2D eigenvalue weighted by atomic mass is 16.5. The summed E-state index contributed by atoms with van der Waals surface area (Å²) in [6.07, 6.45) is 3.87. The number of rotatable bonds is 6. The first-order valence-corrected chi connectivity index (χ1v) is 6.28. The molecular weight excluding hydrogens is 256 g/mol. The molecule has 0 aliphatic carbocycles. The van der Waals surface area contributed by atoms with E-state index >= 15 is 0 Å². The number of carboxylic acids is 1. The minimum Gasteiger partial charge on any atom is -0.496 e. The van der Waals surface area contributed by atoms with Crippen molar-refractivity contribution in [1.82, 2.24) is 0 Å². The second-order valence-electron chi connectivity index (χ2n) is 4.65. The Kier molecular flexibility index (Phi) is 5.38. The summed E-state index contributed by atoms with van der Waals surface area (Å²) in [7, 11) is 3.06. The van der Waals surface area contributed by atoms with Gasteiger partial charge in [0.2, 0.25) is 0 Å². The van der Waals surface area contributed by atoms with E-state index in [0.717, 1.165) is 0 Å². The third-order valence-corrected chi connectivity index (χ3v) is 2.81. The fourth-order valence-corrected chi connectivity index (χ4v) is 1.78. The molecule has 0 spiro atoms. The molecule has 0 aromatic heterocycles. The maximum absolute atomic E-state index is 11.1. The molecule has 0 unspecified atom stereocenters. The van der Waals surface area contributed by atoms with Gasteiger partial charge in [-0.1, -0.05) is 32.6 Å². The number of allylic oxidation sites excluding steroid dienone is 1. The van der Waals surface area contributed by atoms with E-state index in [1.807, 2.05) is 12.2 Å². The van der Waals surface area contributed by atoms with Gasteiger partial charge in [0.1, 0.15) is 11.5 Å². The predicted octanol–water partition coefficient (Wildman–Crippen LogP) is 3.47. The molecule has 0 bridgehead atoms. The number of carbonyl (C=O) groups is 1. The van der Waals surface area contributed by atoms with Gasteiger partial charge in [-0.2, -0.15) is 0 Å². The molecule has 0 saturated heterocycles. The monoisotopic (exact) mass is 276 g/mol. The lowest BCUT2D eigenvalue weighted by molar-refractivity contribution is -0.130. The highest BCUT2D eigenvalue weighted by Crippen LogP contribution is 2.36. The van der Waals surface area contributed by atoms with Gasteiger partial charge < -0.3 is 14.6 Å². The Labute approximate surface area is 119 Å². The standard InChI is InChI=1S/C16H20O4/c1-10(2)6-7-13-14(19-4)9-8-12(15(13)20-5)11(3)16(17)18/h6-10H,3H2,1-2,4-5H3,(H,17,18)/b7-6-. The van der Waals surface area contributed by atoms with Gasteiger partial charge in [-0.25, -0.2) is 4.79 Å². The summed E-state index contributed by atoms with van der Waals surface area (Å²) in [6, 6.07) is 3.35. The molecule has 0 amide bonds. The molecule has 20 heavy (non-hydrogen) atoms. The molecule has 0 saturated carbocycles. The van der Waals surface area contributed by atoms with Crippen molar-refractivity contribution < 1.29 is 19.4 Å². The minimum absolute atomic E-state index is 0.0105. The molecule has 1 aromatic carbocycles. The number of carboxylic acid groups (broad SMARTS) is 1. The zero-order valence-electron chi connectivity index (χ0n) is 12.3. The first-order valence-electron chi connectivity index (χ1n) is 6.28. The Bertz CT molecular complexity index is 542. The van der Waals surface area contributed by atoms with Crippen LogP contribution < -0.4 is 9.47 Å². The average molecular weight is 276 g/mol. The van der Waals surface area contributed by atoms with E-state index in [0.29, 0.717) is 28.5 Å². The Balaban J connectivity index is 3.48. The van der Waals surface area contributed by atoms with Crippen molar-refractivity contribution in [2.24, 2.45) is 5.92 Å². The number of methoxy groups -OCH3 is 2. The van der Waals surface area contributed by atoms with Gasteiger partial charge in [-0.05, 0) is 18.1 Å². The fourth-order valence-electron chi connectivity index (χ4n) is 1.78. The van der Waals surface area contributed by atoms with Gasteiger partial charge in [0.15, 0.2) is 0 Å². The Morgan fingerprint density at radius 1 is 1.30 bits per heavy atom. The van der Waals surface area contributed by atoms with Crippen LogP contribution in [0.5, 0.6) is 11.5 Å². The van der Waals surface area contributed by atoms with Crippen LogP contribution in [0.25, 0.3) is 11.6 Å². The maximum Gasteiger partial charge on any atom is 0.335 e. The molecular formula is C16H20O4. The van der Waals surface area contributed by atoms with Crippen LogP contribution in [-0.2, 0) is 4.79 Å². The van der Waals surface area contributed by atoms with Gasteiger partial charge in [0, 0.05) is 5.56 Å². The molecule has 0 heterocycles. The summed E-state index contributed by atoms with van der Waals surface area (Å²) in [5.41, 5.74) is 1.15. The Morgan fingerprint density at radius 3 is 2.40 bits per heavy atom. The minimum atomic E-state index is -1.08. The topological polar surface area (TPSA) is 55.8 Å². The number of benzene rings is 1. The van der Waals surface area contributed by atoms with E-state index in [-0.39, 0.29) is 5.57 Å². The summed E-state index contributed by atoms with van der Waals surface area (Å²) in [4.78, 5) is 11.1. The van der Waals surface area contributed by atoms with Gasteiger partial charge in [-0.15, -0.1) is 0 Å². The first kappa shape index (κ1) is 15.8. The lowest BCUT2D eigenvalue weighted by Gasteiger charge is -2.15. The van der Waals surface area contributed by atoms with E-state index < -0.39 is 5.97 Å². The van der Waals surface area contributed by atoms with Crippen molar-refractivity contribution in [2.75, 3.05) is 14.2 Å². The third-order valence-electron chi connectivity index (χ3n) is 2.81. The SMILES string of the molecule is C=C(C(=O)O)c1ccc(OC)c(/C=C\C(C)C)c1OC. The van der Waals surface area contributed by atoms with Crippen molar-refractivity contribution in [3.8, 4) is 11.5 Å². The second kappa shape index (κ2) is 6.80. The zero-order valence-corrected chi connectivity index (χ0v) is 12.3. The van der Waals surface area contributed by atoms with Gasteiger partial charge in [-0.3, -0.25) is 0 Å². The van der Waals surface area contributed by atoms with Crippen molar-refractivity contribution >= 4 is 17.6 Å². The molecule has 1 rings (SSSR count). The summed E-state index contributed by atoms with van der Waals surface area (Å²) in [5.74, 6) is 0.359. The molecule has 0 aliphatic rings. The Morgan fingerprint density at radius 2 is 1.95 bits per heavy atom. The molecule has 4 heteroatoms. The molecule has 0 aliphatic heterocycles. The molecule has 108 valence electrons. The molecule has 0 radical (unpaired) electrons. The predicted molar refractivity (Wildman–Crippen MR) is 80.1 cm³/mol. The van der Waals surface area contributed by atoms with Crippen LogP contribution in [0.1, 0.15) is 25.0 Å². The molecule has 4 nitrogen and oxygen atoms in total. The second-order valence-corrected chi connectivity index (χ2v) is 4.65. The van der Waals surface area contributed by atoms with Crippen molar-refractivity contribution in [3.05, 3.63) is 35.9 Å². The van der Waals surface area contributed by atoms with Crippen LogP contribution in [0.3, 0.4) is 0 Å². The smallest absolute Gasteiger partial charge is 0.335 e. The summed E-state index contributed by atoms with van der Waals surface area (Å²) in [6.45, 7) is 7.68. The van der Waals surface area contributed by atoms with Gasteiger partial charge in [0.25, 0.3) is 0 Å². The Hall–Kier alpha value is -2.23. The van der Waals surface area contributed by atoms with Crippen LogP contribution in [0.4, 0.5) is 0 Å². The quantitative estimate of drug-likeness (QED) is 0.808. The number of hydrogen-bond acceptors (Lipinski definition) is 3. The largest absolute Gasteiger partial charge is 0.496 e. The zero-order chi connectivity index (χ0) is 15.3. The molecule has 0 fully saturated rings. The fraction of sp³-hybridized carbons (Fsp3) is 0.312. The lowest BCUT2D eigenvalue weighted by Crippen LogP contribution is -2.03. The van der Waals surface area contributed by atoms with Crippen molar-refractivity contribution in [1.29, 1.82) is 0 Å². The molecule has 1 aromatic rings. The van der Waals surface area contributed by atoms with Crippen LogP contribution in [0.2, 0.25) is 0 Å². The summed E-state index contributed by atoms with van der Waals surface area (Å²) < 4.78 is 10.7. The normalized spacial score (nSPS) is 10.8. The first-order chi connectivity index (χ1) is 9.42. The average Bonchev–Trinajstić information content (AvgIpc) is 2.42. The number of ether oxygens (including phenoxy) is 2. The van der Waals surface area contributed by atoms with E-state index in [1.165, 1.54) is 7.11 Å². The molecule has 1 N–H and O–H groups in total. The summed E-state index contributed by atoms with van der Waals surface area (Å²) in [5, 5.41) is 9.09. The molecule has 0 atom stereocenters. The highest BCUT2D eigenvalue weighted by Gasteiger charge is 2.18. The van der Waals surface area contributed by atoms with Crippen LogP contribution in [0, 0.1) is 5.92 Å².